The number of likely N-dealkylation sites (tertiary alicyclic amines) is 1. The molecule has 0 aromatic carbocycles. The summed E-state index contributed by atoms with van der Waals surface area (Å²) in [4.78, 5) is 26.2. The first kappa shape index (κ1) is 15.9. The second kappa shape index (κ2) is 6.36. The van der Waals surface area contributed by atoms with Crippen LogP contribution in [0.4, 0.5) is 10.3 Å². The Kier molecular flexibility index (Phi) is 4.04. The van der Waals surface area contributed by atoms with Crippen molar-refractivity contribution in [3.63, 3.8) is 0 Å². The van der Waals surface area contributed by atoms with Gasteiger partial charge in [-0.1, -0.05) is 0 Å². The van der Waals surface area contributed by atoms with E-state index in [-0.39, 0.29) is 17.6 Å². The average molecular weight is 343 g/mol. The minimum Gasteiger partial charge on any atom is -0.371 e. The van der Waals surface area contributed by atoms with Crippen molar-refractivity contribution in [1.29, 1.82) is 0 Å². The first-order valence-corrected chi connectivity index (χ1v) is 8.21. The molecule has 2 aromatic rings. The van der Waals surface area contributed by atoms with E-state index in [4.69, 9.17) is 4.74 Å². The van der Waals surface area contributed by atoms with Gasteiger partial charge in [-0.05, 0) is 18.6 Å². The summed E-state index contributed by atoms with van der Waals surface area (Å²) >= 11 is 0. The number of hydrogen-bond donors (Lipinski definition) is 1. The van der Waals surface area contributed by atoms with Crippen molar-refractivity contribution in [1.82, 2.24) is 19.9 Å². The van der Waals surface area contributed by atoms with Gasteiger partial charge in [-0.15, -0.1) is 0 Å². The Hall–Kier alpha value is -2.61. The molecule has 2 aliphatic rings. The van der Waals surface area contributed by atoms with Gasteiger partial charge in [0.05, 0.1) is 42.8 Å². The number of amides is 1. The standard InChI is InChI=1S/C17H18FN5O2/c18-13-8-20-16(21-9-13)22-14-6-17(25-10-14)3-5-23(11-17)15(24)12-2-1-4-19-7-12/h1-2,4,7-9,14H,3,5-6,10-11H2,(H,20,21,22)/t14-,17+/m0/s1. The summed E-state index contributed by atoms with van der Waals surface area (Å²) in [6.07, 6.45) is 7.04. The van der Waals surface area contributed by atoms with E-state index in [1.165, 1.54) is 0 Å². The molecule has 0 aliphatic carbocycles. The Bertz CT molecular complexity index is 757. The van der Waals surface area contributed by atoms with Crippen molar-refractivity contribution < 1.29 is 13.9 Å². The second-order valence-electron chi connectivity index (χ2n) is 6.48. The molecule has 0 bridgehead atoms. The van der Waals surface area contributed by atoms with Gasteiger partial charge < -0.3 is 15.0 Å². The minimum atomic E-state index is -0.468. The first-order valence-electron chi connectivity index (χ1n) is 8.21. The number of nitrogens with zero attached hydrogens (tertiary/aromatic N) is 4. The lowest BCUT2D eigenvalue weighted by atomic mass is 9.97. The van der Waals surface area contributed by atoms with E-state index >= 15 is 0 Å². The highest BCUT2D eigenvalue weighted by molar-refractivity contribution is 5.94. The van der Waals surface area contributed by atoms with Crippen molar-refractivity contribution in [3.05, 3.63) is 48.3 Å². The molecule has 2 saturated heterocycles. The topological polar surface area (TPSA) is 80.2 Å². The van der Waals surface area contributed by atoms with Crippen LogP contribution in [0.3, 0.4) is 0 Å². The van der Waals surface area contributed by atoms with Crippen LogP contribution in [-0.2, 0) is 4.74 Å². The summed E-state index contributed by atoms with van der Waals surface area (Å²) in [6.45, 7) is 1.73. The Morgan fingerprint density at radius 3 is 2.96 bits per heavy atom. The molecule has 2 aromatic heterocycles. The summed E-state index contributed by atoms with van der Waals surface area (Å²) in [5.74, 6) is -0.106. The number of carbonyl (C=O) groups is 1. The number of aromatic nitrogens is 3. The zero-order valence-electron chi connectivity index (χ0n) is 13.6. The second-order valence-corrected chi connectivity index (χ2v) is 6.48. The Morgan fingerprint density at radius 1 is 1.36 bits per heavy atom. The SMILES string of the molecule is O=C(c1cccnc1)N1CC[C@@]2(C[C@H](Nc3ncc(F)cn3)CO2)C1. The van der Waals surface area contributed by atoms with Gasteiger partial charge in [-0.25, -0.2) is 14.4 Å². The number of anilines is 1. The molecule has 1 spiro atoms. The third kappa shape index (κ3) is 3.30. The van der Waals surface area contributed by atoms with Crippen molar-refractivity contribution >= 4 is 11.9 Å². The van der Waals surface area contributed by atoms with Gasteiger partial charge in [-0.2, -0.15) is 0 Å². The van der Waals surface area contributed by atoms with Crippen molar-refractivity contribution in [3.8, 4) is 0 Å². The maximum absolute atomic E-state index is 12.9. The number of halogens is 1. The zero-order valence-corrected chi connectivity index (χ0v) is 13.6. The molecule has 7 nitrogen and oxygen atoms in total. The molecule has 0 radical (unpaired) electrons. The van der Waals surface area contributed by atoms with Gasteiger partial charge in [0.2, 0.25) is 5.95 Å². The summed E-state index contributed by atoms with van der Waals surface area (Å²) in [6, 6.07) is 3.57. The fraction of sp³-hybridized carbons (Fsp3) is 0.412. The third-order valence-electron chi connectivity index (χ3n) is 4.67. The quantitative estimate of drug-likeness (QED) is 0.910. The lowest BCUT2D eigenvalue weighted by Crippen LogP contribution is -2.36. The highest BCUT2D eigenvalue weighted by Crippen LogP contribution is 2.36. The van der Waals surface area contributed by atoms with E-state index < -0.39 is 5.82 Å². The number of nitrogens with one attached hydrogen (secondary N) is 1. The van der Waals surface area contributed by atoms with Crippen LogP contribution in [-0.4, -0.2) is 57.1 Å². The number of pyridine rings is 1. The van der Waals surface area contributed by atoms with Crippen LogP contribution < -0.4 is 5.32 Å². The molecule has 1 N–H and O–H groups in total. The number of hydrogen-bond acceptors (Lipinski definition) is 6. The molecule has 130 valence electrons. The van der Waals surface area contributed by atoms with E-state index in [0.717, 1.165) is 25.2 Å². The van der Waals surface area contributed by atoms with E-state index in [1.807, 2.05) is 4.90 Å². The highest BCUT2D eigenvalue weighted by atomic mass is 19.1. The van der Waals surface area contributed by atoms with Crippen LogP contribution in [0.25, 0.3) is 0 Å². The van der Waals surface area contributed by atoms with Crippen LogP contribution in [0, 0.1) is 5.82 Å². The van der Waals surface area contributed by atoms with E-state index in [0.29, 0.717) is 31.2 Å². The molecule has 0 saturated carbocycles. The maximum Gasteiger partial charge on any atom is 0.255 e. The molecule has 8 heteroatoms. The van der Waals surface area contributed by atoms with Crippen molar-refractivity contribution in [2.24, 2.45) is 0 Å². The molecule has 2 fully saturated rings. The van der Waals surface area contributed by atoms with E-state index in [9.17, 15) is 9.18 Å². The van der Waals surface area contributed by atoms with Crippen molar-refractivity contribution in [2.45, 2.75) is 24.5 Å². The molecule has 0 unspecified atom stereocenters. The summed E-state index contributed by atoms with van der Waals surface area (Å²) in [7, 11) is 0. The highest BCUT2D eigenvalue weighted by Gasteiger charge is 2.47. The van der Waals surface area contributed by atoms with Gasteiger partial charge >= 0.3 is 0 Å². The van der Waals surface area contributed by atoms with Crippen LogP contribution >= 0.6 is 0 Å². The van der Waals surface area contributed by atoms with E-state index in [2.05, 4.69) is 20.3 Å². The molecule has 4 rings (SSSR count). The molecular weight excluding hydrogens is 325 g/mol. The predicted octanol–water partition coefficient (Wildman–Crippen LogP) is 1.50. The summed E-state index contributed by atoms with van der Waals surface area (Å²) in [5.41, 5.74) is 0.252. The molecule has 4 heterocycles. The number of carbonyl (C=O) groups excluding carboxylic acids is 1. The Labute approximate surface area is 144 Å². The fourth-order valence-electron chi connectivity index (χ4n) is 3.48. The summed E-state index contributed by atoms with van der Waals surface area (Å²) in [5, 5.41) is 3.17. The Balaban J connectivity index is 1.38. The maximum atomic E-state index is 12.9. The van der Waals surface area contributed by atoms with Gasteiger partial charge in [0, 0.05) is 25.4 Å². The lowest BCUT2D eigenvalue weighted by Gasteiger charge is -2.23. The summed E-state index contributed by atoms with van der Waals surface area (Å²) < 4.78 is 18.9. The van der Waals surface area contributed by atoms with Gasteiger partial charge in [0.1, 0.15) is 0 Å². The predicted molar refractivity (Wildman–Crippen MR) is 87.5 cm³/mol. The lowest BCUT2D eigenvalue weighted by molar-refractivity contribution is 0.0125. The molecule has 2 atom stereocenters. The smallest absolute Gasteiger partial charge is 0.255 e. The molecule has 1 amide bonds. The average Bonchev–Trinajstić information content (AvgIpc) is 3.24. The van der Waals surface area contributed by atoms with Gasteiger partial charge in [0.15, 0.2) is 5.82 Å². The van der Waals surface area contributed by atoms with Crippen molar-refractivity contribution in [2.75, 3.05) is 25.0 Å². The zero-order chi connectivity index (χ0) is 17.3. The minimum absolute atomic E-state index is 0.0214. The fourth-order valence-corrected chi connectivity index (χ4v) is 3.48. The van der Waals surface area contributed by atoms with Gasteiger partial charge in [-0.3, -0.25) is 9.78 Å². The number of rotatable bonds is 3. The van der Waals surface area contributed by atoms with E-state index in [1.54, 1.807) is 24.5 Å². The molecule has 2 aliphatic heterocycles. The van der Waals surface area contributed by atoms with Crippen LogP contribution in [0.2, 0.25) is 0 Å². The third-order valence-corrected chi connectivity index (χ3v) is 4.67. The van der Waals surface area contributed by atoms with Crippen LogP contribution in [0.5, 0.6) is 0 Å². The van der Waals surface area contributed by atoms with Crippen LogP contribution in [0.15, 0.2) is 36.9 Å². The normalized spacial score (nSPS) is 25.5. The molecule has 25 heavy (non-hydrogen) atoms. The number of ether oxygens (including phenoxy) is 1. The molecular formula is C17H18FN5O2. The van der Waals surface area contributed by atoms with Gasteiger partial charge in [0.25, 0.3) is 5.91 Å². The Morgan fingerprint density at radius 2 is 2.20 bits per heavy atom. The monoisotopic (exact) mass is 343 g/mol. The first-order chi connectivity index (χ1) is 12.1. The largest absolute Gasteiger partial charge is 0.371 e. The van der Waals surface area contributed by atoms with Crippen LogP contribution in [0.1, 0.15) is 23.2 Å².